The van der Waals surface area contributed by atoms with Gasteiger partial charge in [0, 0.05) is 6.04 Å². The predicted octanol–water partition coefficient (Wildman–Crippen LogP) is 0.0522. The summed E-state index contributed by atoms with van der Waals surface area (Å²) in [6, 6.07) is 0.317. The van der Waals surface area contributed by atoms with Crippen LogP contribution in [0.3, 0.4) is 0 Å². The number of hydrogen-bond donors (Lipinski definition) is 3. The van der Waals surface area contributed by atoms with Gasteiger partial charge in [-0.05, 0) is 45.8 Å². The molecule has 0 aliphatic carbocycles. The zero-order valence-electron chi connectivity index (χ0n) is 7.47. The summed E-state index contributed by atoms with van der Waals surface area (Å²) < 4.78 is 0. The summed E-state index contributed by atoms with van der Waals surface area (Å²) in [5, 5.41) is 3.32. The highest BCUT2D eigenvalue weighted by Crippen LogP contribution is 1.85. The molecule has 3 nitrogen and oxygen atoms in total. The van der Waals surface area contributed by atoms with E-state index in [4.69, 9.17) is 11.5 Å². The second-order valence-corrected chi connectivity index (χ2v) is 3.01. The van der Waals surface area contributed by atoms with Gasteiger partial charge in [-0.3, -0.25) is 0 Å². The summed E-state index contributed by atoms with van der Waals surface area (Å²) in [6.45, 7) is 4.93. The van der Waals surface area contributed by atoms with Crippen LogP contribution in [0, 0.1) is 0 Å². The van der Waals surface area contributed by atoms with E-state index in [0.717, 1.165) is 32.5 Å². The SMILES string of the molecule is C[C@@H](N)CCNCCCCN. The number of rotatable bonds is 7. The van der Waals surface area contributed by atoms with Gasteiger partial charge in [0.15, 0.2) is 0 Å². The Morgan fingerprint density at radius 1 is 1.27 bits per heavy atom. The minimum Gasteiger partial charge on any atom is -0.330 e. The first-order valence-electron chi connectivity index (χ1n) is 4.43. The van der Waals surface area contributed by atoms with Crippen LogP contribution in [-0.4, -0.2) is 25.7 Å². The fourth-order valence-electron chi connectivity index (χ4n) is 0.849. The van der Waals surface area contributed by atoms with E-state index in [9.17, 15) is 0 Å². The Hall–Kier alpha value is -0.120. The van der Waals surface area contributed by atoms with E-state index in [-0.39, 0.29) is 0 Å². The first-order chi connectivity index (χ1) is 5.27. The van der Waals surface area contributed by atoms with E-state index in [0.29, 0.717) is 6.04 Å². The standard InChI is InChI=1S/C8H21N3/c1-8(10)4-7-11-6-3-2-5-9/h8,11H,2-7,9-10H2,1H3/t8-/m1/s1. The summed E-state index contributed by atoms with van der Waals surface area (Å²) in [5.41, 5.74) is 10.9. The van der Waals surface area contributed by atoms with Crippen LogP contribution in [0.2, 0.25) is 0 Å². The number of nitrogens with one attached hydrogen (secondary N) is 1. The third kappa shape index (κ3) is 9.88. The average Bonchev–Trinajstić information content (AvgIpc) is 1.96. The fraction of sp³-hybridized carbons (Fsp3) is 1.00. The lowest BCUT2D eigenvalue weighted by Crippen LogP contribution is -2.24. The van der Waals surface area contributed by atoms with Crippen molar-refractivity contribution in [1.29, 1.82) is 0 Å². The van der Waals surface area contributed by atoms with Gasteiger partial charge in [0.25, 0.3) is 0 Å². The number of hydrogen-bond acceptors (Lipinski definition) is 3. The summed E-state index contributed by atoms with van der Waals surface area (Å²) in [6.07, 6.45) is 3.35. The van der Waals surface area contributed by atoms with E-state index in [2.05, 4.69) is 5.32 Å². The molecule has 0 fully saturated rings. The molecule has 0 aliphatic rings. The Bertz CT molecular complexity index is 73.7. The van der Waals surface area contributed by atoms with E-state index < -0.39 is 0 Å². The van der Waals surface area contributed by atoms with Crippen molar-refractivity contribution in [2.75, 3.05) is 19.6 Å². The summed E-state index contributed by atoms with van der Waals surface area (Å²) in [7, 11) is 0. The Morgan fingerprint density at radius 3 is 2.55 bits per heavy atom. The highest BCUT2D eigenvalue weighted by atomic mass is 14.8. The van der Waals surface area contributed by atoms with Gasteiger partial charge in [0.1, 0.15) is 0 Å². The van der Waals surface area contributed by atoms with E-state index in [1.807, 2.05) is 6.92 Å². The molecule has 0 amide bonds. The molecule has 0 aromatic carbocycles. The average molecular weight is 159 g/mol. The molecule has 11 heavy (non-hydrogen) atoms. The van der Waals surface area contributed by atoms with Crippen molar-refractivity contribution < 1.29 is 0 Å². The maximum absolute atomic E-state index is 5.57. The highest BCUT2D eigenvalue weighted by Gasteiger charge is 1.92. The molecule has 0 saturated carbocycles. The molecule has 3 heteroatoms. The van der Waals surface area contributed by atoms with Gasteiger partial charge in [-0.15, -0.1) is 0 Å². The summed E-state index contributed by atoms with van der Waals surface area (Å²) >= 11 is 0. The van der Waals surface area contributed by atoms with Gasteiger partial charge in [-0.1, -0.05) is 0 Å². The topological polar surface area (TPSA) is 64.1 Å². The van der Waals surface area contributed by atoms with Crippen LogP contribution >= 0.6 is 0 Å². The molecule has 0 aromatic heterocycles. The molecular weight excluding hydrogens is 138 g/mol. The summed E-state index contributed by atoms with van der Waals surface area (Å²) in [4.78, 5) is 0. The first kappa shape index (κ1) is 10.9. The lowest BCUT2D eigenvalue weighted by Gasteiger charge is -2.05. The van der Waals surface area contributed by atoms with Crippen LogP contribution in [-0.2, 0) is 0 Å². The van der Waals surface area contributed by atoms with E-state index >= 15 is 0 Å². The minimum atomic E-state index is 0.317. The molecule has 0 heterocycles. The maximum atomic E-state index is 5.57. The Kier molecular flexibility index (Phi) is 7.89. The van der Waals surface area contributed by atoms with Gasteiger partial charge >= 0.3 is 0 Å². The molecule has 68 valence electrons. The fourth-order valence-corrected chi connectivity index (χ4v) is 0.849. The normalized spacial score (nSPS) is 13.4. The molecule has 0 rings (SSSR count). The third-order valence-corrected chi connectivity index (χ3v) is 1.58. The van der Waals surface area contributed by atoms with E-state index in [1.54, 1.807) is 0 Å². The molecule has 0 bridgehead atoms. The van der Waals surface area contributed by atoms with Crippen LogP contribution in [0.25, 0.3) is 0 Å². The van der Waals surface area contributed by atoms with Gasteiger partial charge in [0.2, 0.25) is 0 Å². The van der Waals surface area contributed by atoms with Crippen molar-refractivity contribution >= 4 is 0 Å². The van der Waals surface area contributed by atoms with Crippen LogP contribution in [0.1, 0.15) is 26.2 Å². The highest BCUT2D eigenvalue weighted by molar-refractivity contribution is 4.56. The second-order valence-electron chi connectivity index (χ2n) is 3.01. The molecule has 0 aliphatic heterocycles. The van der Waals surface area contributed by atoms with Crippen LogP contribution in [0.15, 0.2) is 0 Å². The van der Waals surface area contributed by atoms with Crippen LogP contribution < -0.4 is 16.8 Å². The Balaban J connectivity index is 2.80. The smallest absolute Gasteiger partial charge is 0.00225 e. The van der Waals surface area contributed by atoms with Crippen molar-refractivity contribution in [3.8, 4) is 0 Å². The predicted molar refractivity (Wildman–Crippen MR) is 49.4 cm³/mol. The zero-order valence-corrected chi connectivity index (χ0v) is 7.47. The van der Waals surface area contributed by atoms with Crippen molar-refractivity contribution in [3.63, 3.8) is 0 Å². The molecular formula is C8H21N3. The zero-order chi connectivity index (χ0) is 8.53. The van der Waals surface area contributed by atoms with Crippen molar-refractivity contribution in [1.82, 2.24) is 5.32 Å². The molecule has 0 saturated heterocycles. The second kappa shape index (κ2) is 7.98. The van der Waals surface area contributed by atoms with Gasteiger partial charge in [-0.25, -0.2) is 0 Å². The molecule has 0 aromatic rings. The third-order valence-electron chi connectivity index (χ3n) is 1.58. The van der Waals surface area contributed by atoms with Crippen molar-refractivity contribution in [2.45, 2.75) is 32.2 Å². The van der Waals surface area contributed by atoms with Gasteiger partial charge < -0.3 is 16.8 Å². The van der Waals surface area contributed by atoms with Crippen molar-refractivity contribution in [2.24, 2.45) is 11.5 Å². The Morgan fingerprint density at radius 2 is 2.00 bits per heavy atom. The molecule has 0 radical (unpaired) electrons. The number of unbranched alkanes of at least 4 members (excludes halogenated alkanes) is 1. The summed E-state index contributed by atoms with van der Waals surface area (Å²) in [5.74, 6) is 0. The molecule has 0 spiro atoms. The van der Waals surface area contributed by atoms with E-state index in [1.165, 1.54) is 6.42 Å². The van der Waals surface area contributed by atoms with Crippen LogP contribution in [0.5, 0.6) is 0 Å². The number of nitrogens with two attached hydrogens (primary N) is 2. The first-order valence-corrected chi connectivity index (χ1v) is 4.43. The lowest BCUT2D eigenvalue weighted by molar-refractivity contribution is 0.569. The lowest BCUT2D eigenvalue weighted by atomic mass is 10.2. The molecule has 1 atom stereocenters. The van der Waals surface area contributed by atoms with Crippen molar-refractivity contribution in [3.05, 3.63) is 0 Å². The molecule has 5 N–H and O–H groups in total. The minimum absolute atomic E-state index is 0.317. The monoisotopic (exact) mass is 159 g/mol. The molecule has 0 unspecified atom stereocenters. The Labute approximate surface area is 69.5 Å². The largest absolute Gasteiger partial charge is 0.330 e. The van der Waals surface area contributed by atoms with Crippen LogP contribution in [0.4, 0.5) is 0 Å². The maximum Gasteiger partial charge on any atom is 0.00225 e. The van der Waals surface area contributed by atoms with Gasteiger partial charge in [0.05, 0.1) is 0 Å². The van der Waals surface area contributed by atoms with Gasteiger partial charge in [-0.2, -0.15) is 0 Å². The quantitative estimate of drug-likeness (QED) is 0.460.